The minimum absolute atomic E-state index is 0.114. The third-order valence-electron chi connectivity index (χ3n) is 6.05. The van der Waals surface area contributed by atoms with Crippen LogP contribution in [0.3, 0.4) is 0 Å². The summed E-state index contributed by atoms with van der Waals surface area (Å²) in [6, 6.07) is 13.3. The fraction of sp³-hybridized carbons (Fsp3) is 0.458. The molecule has 33 heavy (non-hydrogen) atoms. The summed E-state index contributed by atoms with van der Waals surface area (Å²) in [5.74, 6) is 0.00617. The number of amides is 1. The van der Waals surface area contributed by atoms with Gasteiger partial charge in [-0.05, 0) is 37.3 Å². The van der Waals surface area contributed by atoms with Crippen LogP contribution in [-0.2, 0) is 10.0 Å². The number of aliphatic hydroxyl groups is 1. The Morgan fingerprint density at radius 2 is 1.82 bits per heavy atom. The highest BCUT2D eigenvalue weighted by Crippen LogP contribution is 2.31. The zero-order valence-electron chi connectivity index (χ0n) is 19.8. The molecular weight excluding hydrogens is 442 g/mol. The molecule has 3 atom stereocenters. The Morgan fingerprint density at radius 1 is 1.15 bits per heavy atom. The minimum Gasteiger partial charge on any atom is -0.488 e. The second kappa shape index (κ2) is 10.1. The topological polar surface area (TPSA) is 90.4 Å². The maximum atomic E-state index is 13.4. The monoisotopic (exact) mass is 475 g/mol. The average Bonchev–Trinajstić information content (AvgIpc) is 2.80. The molecule has 0 aliphatic carbocycles. The maximum absolute atomic E-state index is 13.4. The molecule has 0 unspecified atom stereocenters. The van der Waals surface area contributed by atoms with Gasteiger partial charge in [0.05, 0.1) is 29.7 Å². The molecule has 180 valence electrons. The molecular formula is C24H33N3O5S. The smallest absolute Gasteiger partial charge is 0.258 e. The number of hydrogen-bond donors (Lipinski definition) is 1. The number of likely N-dealkylation sites (N-methyl/N-ethyl adjacent to an activating group) is 1. The van der Waals surface area contributed by atoms with Crippen molar-refractivity contribution in [2.75, 3.05) is 45.7 Å². The van der Waals surface area contributed by atoms with Gasteiger partial charge in [0.25, 0.3) is 5.91 Å². The van der Waals surface area contributed by atoms with Gasteiger partial charge >= 0.3 is 0 Å². The van der Waals surface area contributed by atoms with Gasteiger partial charge in [-0.15, -0.1) is 0 Å². The van der Waals surface area contributed by atoms with E-state index in [2.05, 4.69) is 0 Å². The summed E-state index contributed by atoms with van der Waals surface area (Å²) < 4.78 is 33.7. The fourth-order valence-electron chi connectivity index (χ4n) is 3.83. The average molecular weight is 476 g/mol. The summed E-state index contributed by atoms with van der Waals surface area (Å²) in [6.45, 7) is 3.99. The van der Waals surface area contributed by atoms with Crippen LogP contribution in [0.15, 0.2) is 53.4 Å². The van der Waals surface area contributed by atoms with Crippen molar-refractivity contribution in [3.8, 4) is 5.75 Å². The summed E-state index contributed by atoms with van der Waals surface area (Å²) in [5.41, 5.74) is 1.24. The zero-order chi connectivity index (χ0) is 24.3. The van der Waals surface area contributed by atoms with Crippen LogP contribution in [0.4, 0.5) is 5.69 Å². The standard InChI is InChI=1S/C24H33N3O5S/c1-17-14-27(18(2)16-28)24(29)21-13-19(25(3)4)11-12-22(21)32-23(17)15-26(5)33(30,31)20-9-7-6-8-10-20/h6-13,17-18,23,28H,14-16H2,1-5H3/t17-,18+,23-/m0/s1. The number of aliphatic hydroxyl groups excluding tert-OH is 1. The van der Waals surface area contributed by atoms with Crippen LogP contribution in [0, 0.1) is 5.92 Å². The Kier molecular flexibility index (Phi) is 7.66. The van der Waals surface area contributed by atoms with E-state index in [0.29, 0.717) is 17.9 Å². The summed E-state index contributed by atoms with van der Waals surface area (Å²) in [6.07, 6.45) is -0.501. The molecule has 0 spiro atoms. The van der Waals surface area contributed by atoms with Crippen molar-refractivity contribution >= 4 is 21.6 Å². The van der Waals surface area contributed by atoms with E-state index in [1.807, 2.05) is 32.0 Å². The van der Waals surface area contributed by atoms with Crippen LogP contribution in [0.5, 0.6) is 5.75 Å². The molecule has 0 bridgehead atoms. The van der Waals surface area contributed by atoms with E-state index < -0.39 is 16.1 Å². The molecule has 1 heterocycles. The number of rotatable bonds is 7. The molecule has 0 fully saturated rings. The van der Waals surface area contributed by atoms with E-state index >= 15 is 0 Å². The fourth-order valence-corrected chi connectivity index (χ4v) is 5.03. The highest BCUT2D eigenvalue weighted by molar-refractivity contribution is 7.89. The predicted octanol–water partition coefficient (Wildman–Crippen LogP) is 2.29. The maximum Gasteiger partial charge on any atom is 0.258 e. The second-order valence-electron chi connectivity index (χ2n) is 8.80. The molecule has 2 aromatic carbocycles. The lowest BCUT2D eigenvalue weighted by atomic mass is 9.99. The van der Waals surface area contributed by atoms with Gasteiger partial charge in [-0.25, -0.2) is 8.42 Å². The Balaban J connectivity index is 1.98. The molecule has 9 heteroatoms. The molecule has 1 aliphatic heterocycles. The highest BCUT2D eigenvalue weighted by atomic mass is 32.2. The van der Waals surface area contributed by atoms with Crippen LogP contribution in [-0.4, -0.2) is 81.6 Å². The highest BCUT2D eigenvalue weighted by Gasteiger charge is 2.35. The quantitative estimate of drug-likeness (QED) is 0.661. The van der Waals surface area contributed by atoms with Crippen LogP contribution >= 0.6 is 0 Å². The van der Waals surface area contributed by atoms with Gasteiger partial charge in [0, 0.05) is 39.3 Å². The number of fused-ring (bicyclic) bond motifs is 1. The molecule has 3 rings (SSSR count). The third kappa shape index (κ3) is 5.31. The van der Waals surface area contributed by atoms with Gasteiger partial charge in [0.2, 0.25) is 10.0 Å². The van der Waals surface area contributed by atoms with Gasteiger partial charge in [-0.3, -0.25) is 4.79 Å². The Morgan fingerprint density at radius 3 is 2.42 bits per heavy atom. The first-order valence-electron chi connectivity index (χ1n) is 11.0. The van der Waals surface area contributed by atoms with Gasteiger partial charge in [0.1, 0.15) is 11.9 Å². The van der Waals surface area contributed by atoms with E-state index in [1.165, 1.54) is 11.4 Å². The number of ether oxygens (including phenoxy) is 1. The van der Waals surface area contributed by atoms with Crippen molar-refractivity contribution in [1.29, 1.82) is 0 Å². The number of carbonyl (C=O) groups excluding carboxylic acids is 1. The van der Waals surface area contributed by atoms with E-state index in [0.717, 1.165) is 5.69 Å². The largest absolute Gasteiger partial charge is 0.488 e. The van der Waals surface area contributed by atoms with Crippen molar-refractivity contribution < 1.29 is 23.1 Å². The number of carbonyl (C=O) groups is 1. The second-order valence-corrected chi connectivity index (χ2v) is 10.8. The summed E-state index contributed by atoms with van der Waals surface area (Å²) >= 11 is 0. The molecule has 0 saturated heterocycles. The molecule has 2 aromatic rings. The van der Waals surface area contributed by atoms with Gasteiger partial charge in [-0.2, -0.15) is 4.31 Å². The number of anilines is 1. The molecule has 1 N–H and O–H groups in total. The van der Waals surface area contributed by atoms with E-state index in [1.54, 1.807) is 54.3 Å². The summed E-state index contributed by atoms with van der Waals surface area (Å²) in [7, 11) is 1.61. The van der Waals surface area contributed by atoms with E-state index in [-0.39, 0.29) is 35.9 Å². The first-order chi connectivity index (χ1) is 15.6. The van der Waals surface area contributed by atoms with Gasteiger partial charge < -0.3 is 19.6 Å². The van der Waals surface area contributed by atoms with Crippen molar-refractivity contribution in [2.24, 2.45) is 5.92 Å². The lowest BCUT2D eigenvalue weighted by Gasteiger charge is -2.38. The SMILES string of the molecule is C[C@H](CO)N1C[C@H](C)[C@H](CN(C)S(=O)(=O)c2ccccc2)Oc2ccc(N(C)C)cc2C1=O. The molecule has 0 radical (unpaired) electrons. The van der Waals surface area contributed by atoms with Crippen molar-refractivity contribution in [2.45, 2.75) is 30.9 Å². The minimum atomic E-state index is -3.70. The summed E-state index contributed by atoms with van der Waals surface area (Å²) in [4.78, 5) is 17.1. The molecule has 8 nitrogen and oxygen atoms in total. The van der Waals surface area contributed by atoms with Crippen molar-refractivity contribution in [3.05, 3.63) is 54.1 Å². The molecule has 1 aliphatic rings. The van der Waals surface area contributed by atoms with Crippen LogP contribution in [0.1, 0.15) is 24.2 Å². The Bertz CT molecular complexity index is 1070. The molecule has 1 amide bonds. The van der Waals surface area contributed by atoms with E-state index in [9.17, 15) is 18.3 Å². The molecule has 0 aromatic heterocycles. The Labute approximate surface area is 196 Å². The zero-order valence-corrected chi connectivity index (χ0v) is 20.6. The molecule has 0 saturated carbocycles. The number of hydrogen-bond acceptors (Lipinski definition) is 6. The Hall–Kier alpha value is -2.62. The number of benzene rings is 2. The first kappa shape index (κ1) is 25.0. The van der Waals surface area contributed by atoms with Crippen molar-refractivity contribution in [3.63, 3.8) is 0 Å². The normalized spacial score (nSPS) is 20.0. The van der Waals surface area contributed by atoms with Crippen LogP contribution in [0.2, 0.25) is 0 Å². The lowest BCUT2D eigenvalue weighted by Crippen LogP contribution is -2.50. The van der Waals surface area contributed by atoms with Crippen LogP contribution < -0.4 is 9.64 Å². The first-order valence-corrected chi connectivity index (χ1v) is 12.4. The lowest BCUT2D eigenvalue weighted by molar-refractivity contribution is 0.0387. The van der Waals surface area contributed by atoms with Gasteiger partial charge in [0.15, 0.2) is 0 Å². The van der Waals surface area contributed by atoms with Crippen molar-refractivity contribution in [1.82, 2.24) is 9.21 Å². The predicted molar refractivity (Wildman–Crippen MR) is 128 cm³/mol. The number of nitrogens with zero attached hydrogens (tertiary/aromatic N) is 3. The van der Waals surface area contributed by atoms with E-state index in [4.69, 9.17) is 4.74 Å². The van der Waals surface area contributed by atoms with Crippen LogP contribution in [0.25, 0.3) is 0 Å². The third-order valence-corrected chi connectivity index (χ3v) is 7.89. The summed E-state index contributed by atoms with van der Waals surface area (Å²) in [5, 5.41) is 9.77. The van der Waals surface area contributed by atoms with Gasteiger partial charge in [-0.1, -0.05) is 25.1 Å². The number of sulfonamides is 1.